The Bertz CT molecular complexity index is 420. The molecule has 18 heavy (non-hydrogen) atoms. The number of fused-ring (bicyclic) bond motifs is 1. The summed E-state index contributed by atoms with van der Waals surface area (Å²) in [6.07, 6.45) is 7.56. The summed E-state index contributed by atoms with van der Waals surface area (Å²) >= 11 is 0. The van der Waals surface area contributed by atoms with Crippen molar-refractivity contribution in [3.63, 3.8) is 0 Å². The Kier molecular flexibility index (Phi) is 3.10. The molecular weight excluding hydrogens is 250 g/mol. The summed E-state index contributed by atoms with van der Waals surface area (Å²) in [5, 5.41) is 7.68. The highest BCUT2D eigenvalue weighted by Gasteiger charge is 2.51. The Labute approximate surface area is 113 Å². The molecule has 0 spiro atoms. The van der Waals surface area contributed by atoms with Gasteiger partial charge in [0.2, 0.25) is 5.89 Å². The standard InChI is InChI=1S/C13H19N3O.ClH/c1-2-10-7-14-8-13(10,5-1)12-15-11(16-17-12)6-9-3-4-9;/h9-10,14H,1-8H2;1H/t10-,13-;/m0./s1. The van der Waals surface area contributed by atoms with Crippen molar-refractivity contribution in [1.29, 1.82) is 0 Å². The average Bonchev–Trinajstić information content (AvgIpc) is 2.76. The van der Waals surface area contributed by atoms with Gasteiger partial charge in [0.15, 0.2) is 5.82 Å². The number of aromatic nitrogens is 2. The van der Waals surface area contributed by atoms with Crippen LogP contribution < -0.4 is 5.32 Å². The lowest BCUT2D eigenvalue weighted by atomic mass is 9.80. The molecule has 100 valence electrons. The van der Waals surface area contributed by atoms with Crippen LogP contribution in [0.5, 0.6) is 0 Å². The molecule has 2 aliphatic carbocycles. The lowest BCUT2D eigenvalue weighted by molar-refractivity contribution is 0.264. The van der Waals surface area contributed by atoms with Crippen LogP contribution in [0, 0.1) is 11.8 Å². The molecule has 3 aliphatic rings. The van der Waals surface area contributed by atoms with Crippen LogP contribution in [0.1, 0.15) is 43.8 Å². The molecule has 0 bridgehead atoms. The van der Waals surface area contributed by atoms with E-state index in [9.17, 15) is 0 Å². The molecule has 0 radical (unpaired) electrons. The lowest BCUT2D eigenvalue weighted by Crippen LogP contribution is -2.31. The number of hydrogen-bond acceptors (Lipinski definition) is 4. The molecule has 1 aromatic rings. The number of nitrogens with one attached hydrogen (secondary N) is 1. The third kappa shape index (κ3) is 1.86. The van der Waals surface area contributed by atoms with Crippen molar-refractivity contribution in [3.05, 3.63) is 11.7 Å². The zero-order chi connectivity index (χ0) is 11.3. The van der Waals surface area contributed by atoms with E-state index in [1.165, 1.54) is 32.1 Å². The van der Waals surface area contributed by atoms with Crippen LogP contribution in [0.4, 0.5) is 0 Å². The third-order valence-corrected chi connectivity index (χ3v) is 4.85. The molecular formula is C13H20ClN3O. The number of nitrogens with zero attached hydrogens (tertiary/aromatic N) is 2. The van der Waals surface area contributed by atoms with Gasteiger partial charge in [-0.05, 0) is 44.1 Å². The molecule has 0 aromatic carbocycles. The Morgan fingerprint density at radius 2 is 2.22 bits per heavy atom. The summed E-state index contributed by atoms with van der Waals surface area (Å²) in [5.74, 6) is 3.41. The van der Waals surface area contributed by atoms with Gasteiger partial charge in [-0.25, -0.2) is 0 Å². The first-order valence-electron chi connectivity index (χ1n) is 6.91. The summed E-state index contributed by atoms with van der Waals surface area (Å²) in [4.78, 5) is 4.69. The van der Waals surface area contributed by atoms with Gasteiger partial charge >= 0.3 is 0 Å². The molecule has 2 atom stereocenters. The molecule has 5 heteroatoms. The second-order valence-corrected chi connectivity index (χ2v) is 6.04. The van der Waals surface area contributed by atoms with Crippen molar-refractivity contribution in [2.24, 2.45) is 11.8 Å². The van der Waals surface area contributed by atoms with Crippen molar-refractivity contribution < 1.29 is 4.52 Å². The fourth-order valence-electron chi connectivity index (χ4n) is 3.62. The molecule has 3 fully saturated rings. The monoisotopic (exact) mass is 269 g/mol. The van der Waals surface area contributed by atoms with Crippen LogP contribution >= 0.6 is 12.4 Å². The highest BCUT2D eigenvalue weighted by Crippen LogP contribution is 2.47. The van der Waals surface area contributed by atoms with Crippen molar-refractivity contribution in [3.8, 4) is 0 Å². The van der Waals surface area contributed by atoms with Crippen molar-refractivity contribution >= 4 is 12.4 Å². The summed E-state index contributed by atoms with van der Waals surface area (Å²) in [6.45, 7) is 2.16. The van der Waals surface area contributed by atoms with Crippen LogP contribution in [-0.2, 0) is 11.8 Å². The van der Waals surface area contributed by atoms with Gasteiger partial charge in [0.05, 0.1) is 5.41 Å². The Balaban J connectivity index is 0.000001000. The minimum Gasteiger partial charge on any atom is -0.339 e. The lowest BCUT2D eigenvalue weighted by Gasteiger charge is -2.22. The second kappa shape index (κ2) is 4.49. The zero-order valence-corrected chi connectivity index (χ0v) is 11.3. The SMILES string of the molecule is C1C[C@H]2CNC[C@@]2(c2nc(CC3CC3)no2)C1.Cl. The van der Waals surface area contributed by atoms with E-state index in [0.29, 0.717) is 0 Å². The van der Waals surface area contributed by atoms with Crippen LogP contribution in [0.2, 0.25) is 0 Å². The van der Waals surface area contributed by atoms with Gasteiger partial charge in [-0.1, -0.05) is 11.6 Å². The molecule has 1 saturated heterocycles. The van der Waals surface area contributed by atoms with Crippen LogP contribution in [0.3, 0.4) is 0 Å². The predicted octanol–water partition coefficient (Wildman–Crippen LogP) is 2.09. The van der Waals surface area contributed by atoms with E-state index in [2.05, 4.69) is 15.5 Å². The van der Waals surface area contributed by atoms with Crippen LogP contribution in [-0.4, -0.2) is 23.2 Å². The largest absolute Gasteiger partial charge is 0.339 e. The van der Waals surface area contributed by atoms with Crippen molar-refractivity contribution in [2.45, 2.75) is 43.9 Å². The number of halogens is 1. The Morgan fingerprint density at radius 1 is 1.33 bits per heavy atom. The summed E-state index contributed by atoms with van der Waals surface area (Å²) < 4.78 is 5.58. The highest BCUT2D eigenvalue weighted by atomic mass is 35.5. The molecule has 2 heterocycles. The van der Waals surface area contributed by atoms with Gasteiger partial charge in [-0.3, -0.25) is 0 Å². The molecule has 4 rings (SSSR count). The van der Waals surface area contributed by atoms with E-state index in [4.69, 9.17) is 4.52 Å². The van der Waals surface area contributed by atoms with Gasteiger partial charge in [0.1, 0.15) is 0 Å². The first-order chi connectivity index (χ1) is 8.37. The summed E-state index contributed by atoms with van der Waals surface area (Å²) in [5.41, 5.74) is 0.175. The fourth-order valence-corrected chi connectivity index (χ4v) is 3.62. The average molecular weight is 270 g/mol. The van der Waals surface area contributed by atoms with Gasteiger partial charge in [0, 0.05) is 13.0 Å². The van der Waals surface area contributed by atoms with Crippen LogP contribution in [0.25, 0.3) is 0 Å². The van der Waals surface area contributed by atoms with E-state index in [-0.39, 0.29) is 17.8 Å². The molecule has 1 aromatic heterocycles. The fraction of sp³-hybridized carbons (Fsp3) is 0.846. The van der Waals surface area contributed by atoms with Gasteiger partial charge < -0.3 is 9.84 Å². The topological polar surface area (TPSA) is 51.0 Å². The normalized spacial score (nSPS) is 34.3. The second-order valence-electron chi connectivity index (χ2n) is 6.04. The van der Waals surface area contributed by atoms with Crippen molar-refractivity contribution in [2.75, 3.05) is 13.1 Å². The van der Waals surface area contributed by atoms with E-state index in [1.54, 1.807) is 0 Å². The van der Waals surface area contributed by atoms with Crippen LogP contribution in [0.15, 0.2) is 4.52 Å². The number of hydrogen-bond donors (Lipinski definition) is 1. The first-order valence-corrected chi connectivity index (χ1v) is 6.91. The molecule has 0 amide bonds. The quantitative estimate of drug-likeness (QED) is 0.913. The molecule has 0 unspecified atom stereocenters. The maximum absolute atomic E-state index is 5.58. The molecule has 1 N–H and O–H groups in total. The van der Waals surface area contributed by atoms with E-state index in [0.717, 1.165) is 43.1 Å². The number of rotatable bonds is 3. The van der Waals surface area contributed by atoms with Gasteiger partial charge in [-0.15, -0.1) is 12.4 Å². The Morgan fingerprint density at radius 3 is 3.06 bits per heavy atom. The van der Waals surface area contributed by atoms with E-state index >= 15 is 0 Å². The molecule has 2 saturated carbocycles. The maximum Gasteiger partial charge on any atom is 0.234 e. The Hall–Kier alpha value is -0.610. The molecule has 4 nitrogen and oxygen atoms in total. The minimum atomic E-state index is 0. The van der Waals surface area contributed by atoms with Gasteiger partial charge in [0.25, 0.3) is 0 Å². The maximum atomic E-state index is 5.58. The minimum absolute atomic E-state index is 0. The van der Waals surface area contributed by atoms with E-state index < -0.39 is 0 Å². The summed E-state index contributed by atoms with van der Waals surface area (Å²) in [6, 6.07) is 0. The highest BCUT2D eigenvalue weighted by molar-refractivity contribution is 5.85. The molecule has 1 aliphatic heterocycles. The van der Waals surface area contributed by atoms with Crippen molar-refractivity contribution in [1.82, 2.24) is 15.5 Å². The van der Waals surface area contributed by atoms with Gasteiger partial charge in [-0.2, -0.15) is 4.98 Å². The zero-order valence-electron chi connectivity index (χ0n) is 10.5. The predicted molar refractivity (Wildman–Crippen MR) is 69.9 cm³/mol. The summed E-state index contributed by atoms with van der Waals surface area (Å²) in [7, 11) is 0. The smallest absolute Gasteiger partial charge is 0.234 e. The van der Waals surface area contributed by atoms with E-state index in [1.807, 2.05) is 0 Å². The first kappa shape index (κ1) is 12.4. The third-order valence-electron chi connectivity index (χ3n) is 4.85.